The number of hydrazone groups is 1. The van der Waals surface area contributed by atoms with E-state index in [1.165, 1.54) is 16.8 Å². The molecule has 0 unspecified atom stereocenters. The zero-order chi connectivity index (χ0) is 26.4. The molecule has 0 fully saturated rings. The number of ether oxygens (including phenoxy) is 1. The minimum absolute atomic E-state index is 0.00774. The van der Waals surface area contributed by atoms with Crippen molar-refractivity contribution in [3.8, 4) is 11.4 Å². The first kappa shape index (κ1) is 23.9. The summed E-state index contributed by atoms with van der Waals surface area (Å²) in [6, 6.07) is 24.3. The molecule has 188 valence electrons. The number of fused-ring (bicyclic) bond motifs is 2. The molecular formula is C30H25N5O2S. The number of carbonyl (C=O) groups excluding carboxylic acids is 1. The highest BCUT2D eigenvalue weighted by molar-refractivity contribution is 8.27. The molecule has 8 heteroatoms. The molecule has 0 radical (unpaired) electrons. The Morgan fingerprint density at radius 1 is 1.00 bits per heavy atom. The maximum Gasteiger partial charge on any atom is 0.283 e. The summed E-state index contributed by atoms with van der Waals surface area (Å²) >= 11 is 1.25. The lowest BCUT2D eigenvalue weighted by Gasteiger charge is -2.20. The SMILES string of the molecule is Cc1ccccc1OCC1=NN2C(=N)C(=Cc3cc(C)n(-c4cccc5ccccc45)c3C)C(=O)N=C2S1. The average molecular weight is 520 g/mol. The van der Waals surface area contributed by atoms with Gasteiger partial charge in [0.05, 0.1) is 11.3 Å². The van der Waals surface area contributed by atoms with Gasteiger partial charge in [-0.15, -0.1) is 0 Å². The molecule has 6 rings (SSSR count). The molecule has 3 aromatic carbocycles. The summed E-state index contributed by atoms with van der Waals surface area (Å²) in [5.41, 5.74) is 5.19. The number of aromatic nitrogens is 1. The van der Waals surface area contributed by atoms with Gasteiger partial charge in [0.25, 0.3) is 5.91 Å². The number of nitrogens with zero attached hydrogens (tertiary/aromatic N) is 4. The van der Waals surface area contributed by atoms with Gasteiger partial charge in [0.1, 0.15) is 17.4 Å². The van der Waals surface area contributed by atoms with Crippen LogP contribution in [-0.2, 0) is 4.79 Å². The normalized spacial score (nSPS) is 16.2. The van der Waals surface area contributed by atoms with Crippen LogP contribution in [0.1, 0.15) is 22.5 Å². The van der Waals surface area contributed by atoms with E-state index in [-0.39, 0.29) is 18.0 Å². The van der Waals surface area contributed by atoms with Crippen LogP contribution >= 0.6 is 11.8 Å². The van der Waals surface area contributed by atoms with E-state index in [9.17, 15) is 4.79 Å². The number of rotatable bonds is 5. The number of hydrogen-bond acceptors (Lipinski definition) is 5. The summed E-state index contributed by atoms with van der Waals surface area (Å²) in [5.74, 6) is 0.337. The van der Waals surface area contributed by atoms with Gasteiger partial charge >= 0.3 is 0 Å². The molecule has 2 aliphatic heterocycles. The quantitative estimate of drug-likeness (QED) is 0.316. The number of thioether (sulfide) groups is 1. The largest absolute Gasteiger partial charge is 0.486 e. The molecule has 38 heavy (non-hydrogen) atoms. The first-order valence-corrected chi connectivity index (χ1v) is 13.1. The summed E-state index contributed by atoms with van der Waals surface area (Å²) in [6.45, 7) is 6.29. The predicted octanol–water partition coefficient (Wildman–Crippen LogP) is 6.25. The van der Waals surface area contributed by atoms with Crippen molar-refractivity contribution in [3.05, 3.63) is 101 Å². The van der Waals surface area contributed by atoms with Crippen molar-refractivity contribution < 1.29 is 9.53 Å². The second kappa shape index (κ2) is 9.46. The van der Waals surface area contributed by atoms with Gasteiger partial charge in [-0.25, -0.2) is 0 Å². The van der Waals surface area contributed by atoms with Crippen LogP contribution in [0.4, 0.5) is 0 Å². The molecule has 1 amide bonds. The smallest absolute Gasteiger partial charge is 0.283 e. The summed E-state index contributed by atoms with van der Waals surface area (Å²) in [6.07, 6.45) is 1.75. The highest BCUT2D eigenvalue weighted by Crippen LogP contribution is 2.32. The number of para-hydroxylation sites is 1. The highest BCUT2D eigenvalue weighted by atomic mass is 32.2. The van der Waals surface area contributed by atoms with E-state index in [1.807, 2.05) is 63.2 Å². The van der Waals surface area contributed by atoms with E-state index in [4.69, 9.17) is 10.1 Å². The Kier molecular flexibility index (Phi) is 5.96. The van der Waals surface area contributed by atoms with Gasteiger partial charge in [0, 0.05) is 16.8 Å². The number of carbonyl (C=O) groups is 1. The monoisotopic (exact) mass is 519 g/mol. The minimum Gasteiger partial charge on any atom is -0.486 e. The maximum absolute atomic E-state index is 13.0. The van der Waals surface area contributed by atoms with Gasteiger partial charge in [-0.05, 0) is 73.3 Å². The molecule has 1 N–H and O–H groups in total. The minimum atomic E-state index is -0.444. The first-order valence-electron chi connectivity index (χ1n) is 12.3. The second-order valence-electron chi connectivity index (χ2n) is 9.23. The number of amides is 1. The average Bonchev–Trinajstić information content (AvgIpc) is 3.45. The molecule has 3 heterocycles. The van der Waals surface area contributed by atoms with Crippen molar-refractivity contribution >= 4 is 50.6 Å². The third-order valence-electron chi connectivity index (χ3n) is 6.72. The number of hydrogen-bond donors (Lipinski definition) is 1. The molecule has 0 spiro atoms. The number of nitrogens with one attached hydrogen (secondary N) is 1. The van der Waals surface area contributed by atoms with Gasteiger partial charge in [0.15, 0.2) is 5.84 Å². The first-order chi connectivity index (χ1) is 18.4. The van der Waals surface area contributed by atoms with Crippen molar-refractivity contribution in [2.24, 2.45) is 10.1 Å². The van der Waals surface area contributed by atoms with Gasteiger partial charge in [-0.1, -0.05) is 54.6 Å². The molecule has 7 nitrogen and oxygen atoms in total. The van der Waals surface area contributed by atoms with Crippen molar-refractivity contribution in [2.75, 3.05) is 6.61 Å². The van der Waals surface area contributed by atoms with Crippen LogP contribution in [0.2, 0.25) is 0 Å². The fraction of sp³-hybridized carbons (Fsp3) is 0.133. The molecule has 0 saturated heterocycles. The maximum atomic E-state index is 13.0. The number of aliphatic imine (C=N–C) groups is 1. The lowest BCUT2D eigenvalue weighted by molar-refractivity contribution is -0.114. The molecule has 0 bridgehead atoms. The van der Waals surface area contributed by atoms with Crippen molar-refractivity contribution in [1.82, 2.24) is 9.58 Å². The van der Waals surface area contributed by atoms with Crippen LogP contribution in [0, 0.1) is 26.2 Å². The van der Waals surface area contributed by atoms with Crippen LogP contribution in [0.15, 0.2) is 88.5 Å². The van der Waals surface area contributed by atoms with Gasteiger partial charge < -0.3 is 9.30 Å². The Labute approximate surface area is 224 Å². The van der Waals surface area contributed by atoms with E-state index in [2.05, 4.69) is 45.0 Å². The molecule has 4 aromatic rings. The zero-order valence-corrected chi connectivity index (χ0v) is 22.0. The van der Waals surface area contributed by atoms with Crippen LogP contribution in [0.3, 0.4) is 0 Å². The van der Waals surface area contributed by atoms with Gasteiger partial charge in [0.2, 0.25) is 5.17 Å². The fourth-order valence-corrected chi connectivity index (χ4v) is 5.61. The van der Waals surface area contributed by atoms with Crippen LogP contribution in [0.5, 0.6) is 5.75 Å². The Bertz CT molecular complexity index is 1720. The van der Waals surface area contributed by atoms with E-state index >= 15 is 0 Å². The molecule has 2 aliphatic rings. The summed E-state index contributed by atoms with van der Waals surface area (Å²) in [7, 11) is 0. The van der Waals surface area contributed by atoms with E-state index in [0.29, 0.717) is 10.2 Å². The Hall–Kier alpha value is -4.43. The molecule has 0 atom stereocenters. The standard InChI is InChI=1S/C30H25N5O2S/c1-18-9-4-7-14-26(18)37-17-27-33-35-28(31)24(29(36)32-30(35)38-27)16-22-15-19(2)34(20(22)3)25-13-8-11-21-10-5-6-12-23(21)25/h4-16,31H,17H2,1-3H3. The van der Waals surface area contributed by atoms with Crippen molar-refractivity contribution in [3.63, 3.8) is 0 Å². The molecular weight excluding hydrogens is 494 g/mol. The number of aryl methyl sites for hydroxylation is 2. The number of amidine groups is 2. The van der Waals surface area contributed by atoms with E-state index in [0.717, 1.165) is 44.7 Å². The van der Waals surface area contributed by atoms with Crippen molar-refractivity contribution in [1.29, 1.82) is 5.41 Å². The summed E-state index contributed by atoms with van der Waals surface area (Å²) < 4.78 is 8.10. The van der Waals surface area contributed by atoms with Crippen molar-refractivity contribution in [2.45, 2.75) is 20.8 Å². The zero-order valence-electron chi connectivity index (χ0n) is 21.2. The van der Waals surface area contributed by atoms with Crippen LogP contribution in [0.25, 0.3) is 22.5 Å². The topological polar surface area (TPSA) is 83.0 Å². The third-order valence-corrected chi connectivity index (χ3v) is 7.60. The van der Waals surface area contributed by atoms with Gasteiger partial charge in [-0.3, -0.25) is 10.2 Å². The van der Waals surface area contributed by atoms with Crippen LogP contribution in [-0.4, -0.2) is 38.1 Å². The summed E-state index contributed by atoms with van der Waals surface area (Å²) in [4.78, 5) is 17.2. The summed E-state index contributed by atoms with van der Waals surface area (Å²) in [5, 5.41) is 18.0. The lowest BCUT2D eigenvalue weighted by Crippen LogP contribution is -2.35. The molecule has 0 saturated carbocycles. The Morgan fingerprint density at radius 2 is 1.76 bits per heavy atom. The van der Waals surface area contributed by atoms with E-state index in [1.54, 1.807) is 6.08 Å². The Balaban J connectivity index is 1.30. The Morgan fingerprint density at radius 3 is 2.61 bits per heavy atom. The highest BCUT2D eigenvalue weighted by Gasteiger charge is 2.36. The van der Waals surface area contributed by atoms with Crippen LogP contribution < -0.4 is 4.74 Å². The third kappa shape index (κ3) is 4.13. The molecule has 0 aliphatic carbocycles. The fourth-order valence-electron chi connectivity index (χ4n) is 4.81. The lowest BCUT2D eigenvalue weighted by atomic mass is 10.1. The second-order valence-corrected chi connectivity index (χ2v) is 10.3. The van der Waals surface area contributed by atoms with E-state index < -0.39 is 5.91 Å². The number of benzene rings is 3. The predicted molar refractivity (Wildman–Crippen MR) is 154 cm³/mol. The molecule has 1 aromatic heterocycles. The van der Waals surface area contributed by atoms with Gasteiger partial charge in [-0.2, -0.15) is 15.1 Å².